The lowest BCUT2D eigenvalue weighted by Crippen LogP contribution is -2.47. The van der Waals surface area contributed by atoms with Crippen molar-refractivity contribution in [1.29, 1.82) is 0 Å². The van der Waals surface area contributed by atoms with E-state index in [1.807, 2.05) is 6.92 Å². The van der Waals surface area contributed by atoms with E-state index in [1.54, 1.807) is 38.1 Å². The highest BCUT2D eigenvalue weighted by atomic mass is 35.5. The molecule has 0 aliphatic carbocycles. The second kappa shape index (κ2) is 9.88. The van der Waals surface area contributed by atoms with Crippen LogP contribution in [0.1, 0.15) is 31.1 Å². The summed E-state index contributed by atoms with van der Waals surface area (Å²) in [5.41, 5.74) is 0.214. The highest BCUT2D eigenvalue weighted by Crippen LogP contribution is 2.23. The fourth-order valence-corrected chi connectivity index (χ4v) is 2.78. The molecule has 0 saturated heterocycles. The Labute approximate surface area is 173 Å². The summed E-state index contributed by atoms with van der Waals surface area (Å²) >= 11 is 6.01. The van der Waals surface area contributed by atoms with Gasteiger partial charge in [0.2, 0.25) is 5.91 Å². The molecule has 2 rings (SSSR count). The van der Waals surface area contributed by atoms with Crippen molar-refractivity contribution in [2.75, 3.05) is 11.9 Å². The van der Waals surface area contributed by atoms with E-state index in [2.05, 4.69) is 10.6 Å². The Balaban J connectivity index is 2.15. The Hall–Kier alpha value is -3.13. The van der Waals surface area contributed by atoms with Crippen LogP contribution in [-0.2, 0) is 4.79 Å². The smallest absolute Gasteiger partial charge is 0.270 e. The fourth-order valence-electron chi connectivity index (χ4n) is 2.58. The quantitative estimate of drug-likeness (QED) is 0.495. The third-order valence-electron chi connectivity index (χ3n) is 4.07. The zero-order valence-electron chi connectivity index (χ0n) is 16.3. The number of non-ortho nitro benzene ring substituents is 1. The van der Waals surface area contributed by atoms with Gasteiger partial charge in [-0.15, -0.1) is 0 Å². The molecule has 2 aromatic rings. The Kier molecular flexibility index (Phi) is 7.55. The molecule has 0 fully saturated rings. The number of benzene rings is 2. The normalized spacial score (nSPS) is 11.6. The van der Waals surface area contributed by atoms with Crippen molar-refractivity contribution in [1.82, 2.24) is 5.32 Å². The van der Waals surface area contributed by atoms with Gasteiger partial charge < -0.3 is 15.4 Å². The van der Waals surface area contributed by atoms with Crippen molar-refractivity contribution in [2.45, 2.75) is 26.8 Å². The van der Waals surface area contributed by atoms with Crippen LogP contribution < -0.4 is 15.4 Å². The van der Waals surface area contributed by atoms with Gasteiger partial charge in [-0.25, -0.2) is 0 Å². The molecule has 0 bridgehead atoms. The third-order valence-corrected chi connectivity index (χ3v) is 4.40. The maximum Gasteiger partial charge on any atom is 0.270 e. The average Bonchev–Trinajstić information content (AvgIpc) is 2.67. The predicted molar refractivity (Wildman–Crippen MR) is 110 cm³/mol. The number of nitrogens with zero attached hydrogens (tertiary/aromatic N) is 1. The molecule has 0 unspecified atom stereocenters. The van der Waals surface area contributed by atoms with Crippen LogP contribution in [0.25, 0.3) is 0 Å². The topological polar surface area (TPSA) is 111 Å². The van der Waals surface area contributed by atoms with Crippen molar-refractivity contribution >= 4 is 34.8 Å². The van der Waals surface area contributed by atoms with Gasteiger partial charge in [0.1, 0.15) is 11.8 Å². The van der Waals surface area contributed by atoms with Crippen molar-refractivity contribution in [3.8, 4) is 5.75 Å². The van der Waals surface area contributed by atoms with Gasteiger partial charge in [-0.1, -0.05) is 25.4 Å². The van der Waals surface area contributed by atoms with Crippen LogP contribution >= 0.6 is 11.6 Å². The number of hydrogen-bond acceptors (Lipinski definition) is 5. The lowest BCUT2D eigenvalue weighted by Gasteiger charge is -2.22. The summed E-state index contributed by atoms with van der Waals surface area (Å²) in [6.07, 6.45) is 0. The molecule has 29 heavy (non-hydrogen) atoms. The molecule has 9 heteroatoms. The van der Waals surface area contributed by atoms with Crippen LogP contribution in [0.3, 0.4) is 0 Å². The van der Waals surface area contributed by atoms with E-state index >= 15 is 0 Å². The second-order valence-corrected chi connectivity index (χ2v) is 6.97. The summed E-state index contributed by atoms with van der Waals surface area (Å²) in [6, 6.07) is 9.54. The third kappa shape index (κ3) is 5.92. The zero-order valence-corrected chi connectivity index (χ0v) is 17.0. The first-order chi connectivity index (χ1) is 13.7. The van der Waals surface area contributed by atoms with E-state index in [0.717, 1.165) is 6.07 Å². The molecule has 2 N–H and O–H groups in total. The molecule has 0 aliphatic heterocycles. The predicted octanol–water partition coefficient (Wildman–Crippen LogP) is 4.04. The van der Waals surface area contributed by atoms with Crippen molar-refractivity contribution in [2.24, 2.45) is 5.92 Å². The lowest BCUT2D eigenvalue weighted by atomic mass is 10.0. The minimum absolute atomic E-state index is 0.0579. The minimum atomic E-state index is -0.871. The largest absolute Gasteiger partial charge is 0.494 e. The monoisotopic (exact) mass is 419 g/mol. The van der Waals surface area contributed by atoms with Gasteiger partial charge in [-0.2, -0.15) is 0 Å². The van der Waals surface area contributed by atoms with E-state index in [-0.39, 0.29) is 22.2 Å². The van der Waals surface area contributed by atoms with Crippen molar-refractivity contribution in [3.05, 3.63) is 63.2 Å². The number of anilines is 1. The van der Waals surface area contributed by atoms with E-state index in [9.17, 15) is 19.7 Å². The molecule has 2 aromatic carbocycles. The highest BCUT2D eigenvalue weighted by Gasteiger charge is 2.26. The number of nitro groups is 1. The van der Waals surface area contributed by atoms with Gasteiger partial charge in [-0.3, -0.25) is 19.7 Å². The molecule has 0 aliphatic rings. The number of ether oxygens (including phenoxy) is 1. The van der Waals surface area contributed by atoms with Gasteiger partial charge in [0.25, 0.3) is 11.6 Å². The number of rotatable bonds is 8. The number of carbonyl (C=O) groups excluding carboxylic acids is 2. The summed E-state index contributed by atoms with van der Waals surface area (Å²) in [6.45, 7) is 5.96. The van der Waals surface area contributed by atoms with Crippen LogP contribution in [-0.4, -0.2) is 29.4 Å². The summed E-state index contributed by atoms with van der Waals surface area (Å²) in [5.74, 6) is -0.642. The maximum absolute atomic E-state index is 12.7. The lowest BCUT2D eigenvalue weighted by molar-refractivity contribution is -0.384. The molecular formula is C20H22ClN3O5. The molecule has 0 radical (unpaired) electrons. The first kappa shape index (κ1) is 22.2. The fraction of sp³-hybridized carbons (Fsp3) is 0.300. The highest BCUT2D eigenvalue weighted by molar-refractivity contribution is 6.34. The van der Waals surface area contributed by atoms with Gasteiger partial charge in [-0.05, 0) is 43.2 Å². The Morgan fingerprint density at radius 3 is 2.38 bits per heavy atom. The van der Waals surface area contributed by atoms with Gasteiger partial charge in [0.15, 0.2) is 0 Å². The van der Waals surface area contributed by atoms with Gasteiger partial charge in [0.05, 0.1) is 22.1 Å². The summed E-state index contributed by atoms with van der Waals surface area (Å²) < 4.78 is 5.36. The number of carbonyl (C=O) groups is 2. The molecule has 1 atom stereocenters. The Morgan fingerprint density at radius 1 is 1.17 bits per heavy atom. The minimum Gasteiger partial charge on any atom is -0.494 e. The number of hydrogen-bond donors (Lipinski definition) is 2. The van der Waals surface area contributed by atoms with Gasteiger partial charge >= 0.3 is 0 Å². The number of halogens is 1. The van der Waals surface area contributed by atoms with Crippen LogP contribution in [0, 0.1) is 16.0 Å². The Morgan fingerprint density at radius 2 is 1.83 bits per heavy atom. The first-order valence-corrected chi connectivity index (χ1v) is 9.39. The molecule has 2 amide bonds. The molecule has 0 heterocycles. The van der Waals surface area contributed by atoms with Crippen LogP contribution in [0.4, 0.5) is 11.4 Å². The van der Waals surface area contributed by atoms with Gasteiger partial charge in [0, 0.05) is 17.8 Å². The SMILES string of the molecule is CCOc1ccc(NC(=O)[C@@H](NC(=O)c2cc([N+](=O)[O-])ccc2Cl)C(C)C)cc1. The first-order valence-electron chi connectivity index (χ1n) is 9.01. The van der Waals surface area contributed by atoms with Crippen LogP contribution in [0.15, 0.2) is 42.5 Å². The zero-order chi connectivity index (χ0) is 21.6. The molecule has 0 saturated carbocycles. The molecular weight excluding hydrogens is 398 g/mol. The number of nitrogens with one attached hydrogen (secondary N) is 2. The molecule has 154 valence electrons. The van der Waals surface area contributed by atoms with E-state index in [4.69, 9.17) is 16.3 Å². The second-order valence-electron chi connectivity index (χ2n) is 6.56. The summed E-state index contributed by atoms with van der Waals surface area (Å²) in [7, 11) is 0. The van der Waals surface area contributed by atoms with Crippen molar-refractivity contribution < 1.29 is 19.2 Å². The van der Waals surface area contributed by atoms with Crippen LogP contribution in [0.5, 0.6) is 5.75 Å². The molecule has 0 spiro atoms. The Bertz CT molecular complexity index is 899. The summed E-state index contributed by atoms with van der Waals surface area (Å²) in [4.78, 5) is 35.6. The van der Waals surface area contributed by atoms with E-state index in [1.165, 1.54) is 12.1 Å². The number of amides is 2. The van der Waals surface area contributed by atoms with E-state index in [0.29, 0.717) is 18.0 Å². The maximum atomic E-state index is 12.7. The molecule has 0 aromatic heterocycles. The number of nitro benzene ring substituents is 1. The molecule has 8 nitrogen and oxygen atoms in total. The average molecular weight is 420 g/mol. The standard InChI is InChI=1S/C20H22ClN3O5/c1-4-29-15-8-5-13(6-9-15)22-20(26)18(12(2)3)23-19(25)16-11-14(24(27)28)7-10-17(16)21/h5-12,18H,4H2,1-3H3,(H,22,26)(H,23,25)/t18-/m0/s1. The van der Waals surface area contributed by atoms with Crippen molar-refractivity contribution in [3.63, 3.8) is 0 Å². The van der Waals surface area contributed by atoms with E-state index < -0.39 is 22.8 Å². The summed E-state index contributed by atoms with van der Waals surface area (Å²) in [5, 5.41) is 16.4. The van der Waals surface area contributed by atoms with Crippen LogP contribution in [0.2, 0.25) is 5.02 Å².